The lowest BCUT2D eigenvalue weighted by molar-refractivity contribution is -0.274. The Morgan fingerprint density at radius 2 is 1.77 bits per heavy atom. The second-order valence-electron chi connectivity index (χ2n) is 4.44. The van der Waals surface area contributed by atoms with Crippen LogP contribution in [0.15, 0.2) is 48.7 Å². The molecular weight excluding hydrogens is 317 g/mol. The second kappa shape index (κ2) is 5.46. The fraction of sp³-hybridized carbons (Fsp3) is 0.0667. The number of benzene rings is 1. The fourth-order valence-electron chi connectivity index (χ4n) is 2.01. The standard InChI is InChI=1S/C15H8ClF3N2O/c16-14-11-2-1-7-20-13(11)8-12(21-14)9-3-5-10(6-4-9)22-15(17,18)19/h1-8H. The maximum atomic E-state index is 12.1. The first-order chi connectivity index (χ1) is 10.4. The van der Waals surface area contributed by atoms with E-state index in [1.807, 2.05) is 0 Å². The highest BCUT2D eigenvalue weighted by molar-refractivity contribution is 6.34. The molecule has 2 heterocycles. The third kappa shape index (κ3) is 3.12. The van der Waals surface area contributed by atoms with Gasteiger partial charge in [-0.15, -0.1) is 13.2 Å². The minimum Gasteiger partial charge on any atom is -0.406 e. The van der Waals surface area contributed by atoms with Crippen LogP contribution in [-0.2, 0) is 0 Å². The lowest BCUT2D eigenvalue weighted by Crippen LogP contribution is -2.16. The van der Waals surface area contributed by atoms with E-state index in [-0.39, 0.29) is 10.9 Å². The van der Waals surface area contributed by atoms with Gasteiger partial charge >= 0.3 is 6.36 Å². The van der Waals surface area contributed by atoms with Crippen molar-refractivity contribution < 1.29 is 17.9 Å². The summed E-state index contributed by atoms with van der Waals surface area (Å²) in [6, 6.07) is 10.7. The average molecular weight is 325 g/mol. The summed E-state index contributed by atoms with van der Waals surface area (Å²) in [5.74, 6) is -0.290. The van der Waals surface area contributed by atoms with Crippen LogP contribution in [-0.4, -0.2) is 16.3 Å². The number of aromatic nitrogens is 2. The maximum Gasteiger partial charge on any atom is 0.573 e. The van der Waals surface area contributed by atoms with Crippen molar-refractivity contribution >= 4 is 22.5 Å². The molecule has 22 heavy (non-hydrogen) atoms. The molecule has 2 aromatic heterocycles. The van der Waals surface area contributed by atoms with Crippen molar-refractivity contribution in [3.8, 4) is 17.0 Å². The Balaban J connectivity index is 1.97. The number of rotatable bonds is 2. The van der Waals surface area contributed by atoms with E-state index in [1.165, 1.54) is 24.3 Å². The summed E-state index contributed by atoms with van der Waals surface area (Å²) >= 11 is 6.11. The molecule has 3 aromatic rings. The highest BCUT2D eigenvalue weighted by Crippen LogP contribution is 2.29. The minimum atomic E-state index is -4.71. The summed E-state index contributed by atoms with van der Waals surface area (Å²) in [7, 11) is 0. The highest BCUT2D eigenvalue weighted by Gasteiger charge is 2.30. The molecule has 0 saturated heterocycles. The van der Waals surface area contributed by atoms with Gasteiger partial charge in [0.15, 0.2) is 0 Å². The van der Waals surface area contributed by atoms with Crippen molar-refractivity contribution in [2.45, 2.75) is 6.36 Å². The normalized spacial score (nSPS) is 11.6. The smallest absolute Gasteiger partial charge is 0.406 e. The Hall–Kier alpha value is -2.34. The van der Waals surface area contributed by atoms with Gasteiger partial charge in [-0.2, -0.15) is 0 Å². The molecule has 3 nitrogen and oxygen atoms in total. The van der Waals surface area contributed by atoms with Crippen molar-refractivity contribution in [2.24, 2.45) is 0 Å². The third-order valence-electron chi connectivity index (χ3n) is 2.94. The van der Waals surface area contributed by atoms with Gasteiger partial charge in [-0.1, -0.05) is 11.6 Å². The van der Waals surface area contributed by atoms with Crippen LogP contribution in [0.1, 0.15) is 0 Å². The first kappa shape index (κ1) is 14.6. The lowest BCUT2D eigenvalue weighted by atomic mass is 10.1. The molecule has 0 aliphatic rings. The van der Waals surface area contributed by atoms with E-state index in [0.29, 0.717) is 22.2 Å². The number of alkyl halides is 3. The van der Waals surface area contributed by atoms with Gasteiger partial charge in [-0.25, -0.2) is 4.98 Å². The van der Waals surface area contributed by atoms with Crippen LogP contribution in [0.5, 0.6) is 5.75 Å². The molecule has 7 heteroatoms. The lowest BCUT2D eigenvalue weighted by Gasteiger charge is -2.09. The van der Waals surface area contributed by atoms with Crippen LogP contribution in [0.3, 0.4) is 0 Å². The quantitative estimate of drug-likeness (QED) is 0.632. The molecule has 1 aromatic carbocycles. The summed E-state index contributed by atoms with van der Waals surface area (Å²) in [5.41, 5.74) is 1.80. The second-order valence-corrected chi connectivity index (χ2v) is 4.80. The van der Waals surface area contributed by atoms with Crippen LogP contribution >= 0.6 is 11.6 Å². The van der Waals surface area contributed by atoms with Gasteiger partial charge in [0.2, 0.25) is 0 Å². The Morgan fingerprint density at radius 1 is 1.05 bits per heavy atom. The molecule has 0 bridgehead atoms. The fourth-order valence-corrected chi connectivity index (χ4v) is 2.26. The number of ether oxygens (including phenoxy) is 1. The zero-order valence-electron chi connectivity index (χ0n) is 10.9. The molecule has 0 amide bonds. The molecule has 0 spiro atoms. The van der Waals surface area contributed by atoms with Crippen LogP contribution in [0.4, 0.5) is 13.2 Å². The number of hydrogen-bond acceptors (Lipinski definition) is 3. The van der Waals surface area contributed by atoms with Crippen molar-refractivity contribution in [3.63, 3.8) is 0 Å². The Labute approximate surface area is 128 Å². The van der Waals surface area contributed by atoms with Crippen LogP contribution in [0, 0.1) is 0 Å². The molecule has 0 saturated carbocycles. The summed E-state index contributed by atoms with van der Waals surface area (Å²) in [5, 5.41) is 1.00. The van der Waals surface area contributed by atoms with E-state index in [2.05, 4.69) is 14.7 Å². The SMILES string of the molecule is FC(F)(F)Oc1ccc(-c2cc3ncccc3c(Cl)n2)cc1. The zero-order chi connectivity index (χ0) is 15.7. The summed E-state index contributed by atoms with van der Waals surface area (Å²) in [6.07, 6.45) is -3.08. The maximum absolute atomic E-state index is 12.1. The molecule has 0 fully saturated rings. The van der Waals surface area contributed by atoms with Crippen LogP contribution in [0.25, 0.3) is 22.2 Å². The Bertz CT molecular complexity index is 819. The van der Waals surface area contributed by atoms with Gasteiger partial charge in [0.05, 0.1) is 11.2 Å². The van der Waals surface area contributed by atoms with E-state index in [9.17, 15) is 13.2 Å². The van der Waals surface area contributed by atoms with E-state index < -0.39 is 6.36 Å². The number of hydrogen-bond donors (Lipinski definition) is 0. The van der Waals surface area contributed by atoms with Crippen molar-refractivity contribution in [1.29, 1.82) is 0 Å². The molecule has 0 atom stereocenters. The minimum absolute atomic E-state index is 0.288. The van der Waals surface area contributed by atoms with Crippen molar-refractivity contribution in [2.75, 3.05) is 0 Å². The number of nitrogens with zero attached hydrogens (tertiary/aromatic N) is 2. The van der Waals surface area contributed by atoms with Gasteiger partial charge in [0.1, 0.15) is 10.9 Å². The molecule has 0 radical (unpaired) electrons. The summed E-state index contributed by atoms with van der Waals surface area (Å²) in [4.78, 5) is 8.43. The number of pyridine rings is 2. The van der Waals surface area contributed by atoms with Gasteiger partial charge in [-0.05, 0) is 42.5 Å². The third-order valence-corrected chi connectivity index (χ3v) is 3.22. The molecular formula is C15H8ClF3N2O. The monoisotopic (exact) mass is 324 g/mol. The zero-order valence-corrected chi connectivity index (χ0v) is 11.7. The molecule has 0 unspecified atom stereocenters. The van der Waals surface area contributed by atoms with Crippen LogP contribution < -0.4 is 4.74 Å². The van der Waals surface area contributed by atoms with Gasteiger partial charge in [0, 0.05) is 17.1 Å². The number of fused-ring (bicyclic) bond motifs is 1. The average Bonchev–Trinajstić information content (AvgIpc) is 2.46. The first-order valence-electron chi connectivity index (χ1n) is 6.20. The van der Waals surface area contributed by atoms with E-state index in [4.69, 9.17) is 11.6 Å². The largest absolute Gasteiger partial charge is 0.573 e. The first-order valence-corrected chi connectivity index (χ1v) is 6.58. The Morgan fingerprint density at radius 3 is 2.45 bits per heavy atom. The van der Waals surface area contributed by atoms with Gasteiger partial charge < -0.3 is 4.74 Å². The molecule has 0 N–H and O–H groups in total. The summed E-state index contributed by atoms with van der Waals surface area (Å²) < 4.78 is 40.2. The van der Waals surface area contributed by atoms with E-state index in [0.717, 1.165) is 0 Å². The predicted molar refractivity (Wildman–Crippen MR) is 76.7 cm³/mol. The van der Waals surface area contributed by atoms with Gasteiger partial charge in [-0.3, -0.25) is 4.98 Å². The van der Waals surface area contributed by atoms with E-state index in [1.54, 1.807) is 24.4 Å². The Kier molecular flexibility index (Phi) is 3.62. The predicted octanol–water partition coefficient (Wildman–Crippen LogP) is 4.85. The topological polar surface area (TPSA) is 35.0 Å². The number of halogens is 4. The van der Waals surface area contributed by atoms with Crippen molar-refractivity contribution in [1.82, 2.24) is 9.97 Å². The molecule has 112 valence electrons. The highest BCUT2D eigenvalue weighted by atomic mass is 35.5. The molecule has 0 aliphatic heterocycles. The molecule has 0 aliphatic carbocycles. The summed E-state index contributed by atoms with van der Waals surface area (Å²) in [6.45, 7) is 0. The van der Waals surface area contributed by atoms with Gasteiger partial charge in [0.25, 0.3) is 0 Å². The van der Waals surface area contributed by atoms with E-state index >= 15 is 0 Å². The molecule has 3 rings (SSSR count). The van der Waals surface area contributed by atoms with Crippen molar-refractivity contribution in [3.05, 3.63) is 53.8 Å². The van der Waals surface area contributed by atoms with Crippen LogP contribution in [0.2, 0.25) is 5.15 Å².